The normalized spacial score (nSPS) is 10.5. The molecular formula is C18H16FN3O. The molecule has 2 N–H and O–H groups in total. The summed E-state index contributed by atoms with van der Waals surface area (Å²) in [5, 5.41) is 9.53. The topological polar surface area (TPSA) is 57.8 Å². The molecule has 5 heteroatoms. The number of carbonyl (C=O) groups excluding carboxylic acids is 1. The Hall–Kier alpha value is -2.95. The van der Waals surface area contributed by atoms with Gasteiger partial charge in [0.1, 0.15) is 5.82 Å². The highest BCUT2D eigenvalue weighted by Crippen LogP contribution is 2.21. The van der Waals surface area contributed by atoms with Crippen LogP contribution in [0.15, 0.2) is 54.7 Å². The Balaban J connectivity index is 1.77. The molecule has 2 aromatic carbocycles. The molecule has 116 valence electrons. The van der Waals surface area contributed by atoms with Gasteiger partial charge in [-0.2, -0.15) is 5.10 Å². The molecule has 3 aromatic rings. The molecule has 0 aliphatic heterocycles. The van der Waals surface area contributed by atoms with E-state index in [1.807, 2.05) is 31.2 Å². The minimum Gasteiger partial charge on any atom is -0.348 e. The quantitative estimate of drug-likeness (QED) is 0.775. The Morgan fingerprint density at radius 2 is 1.91 bits per heavy atom. The summed E-state index contributed by atoms with van der Waals surface area (Å²) in [6, 6.07) is 14.2. The lowest BCUT2D eigenvalue weighted by molar-refractivity contribution is 0.0951. The zero-order valence-corrected chi connectivity index (χ0v) is 12.6. The van der Waals surface area contributed by atoms with Crippen LogP contribution in [-0.2, 0) is 6.54 Å². The second-order valence-corrected chi connectivity index (χ2v) is 5.30. The van der Waals surface area contributed by atoms with E-state index in [-0.39, 0.29) is 18.3 Å². The minimum absolute atomic E-state index is 0.129. The predicted octanol–water partition coefficient (Wildman–Crippen LogP) is 3.45. The molecule has 0 aliphatic rings. The lowest BCUT2D eigenvalue weighted by Crippen LogP contribution is -2.23. The number of aryl methyl sites for hydroxylation is 1. The maximum Gasteiger partial charge on any atom is 0.255 e. The number of aromatic amines is 1. The van der Waals surface area contributed by atoms with Crippen molar-refractivity contribution in [3.63, 3.8) is 0 Å². The number of hydrogen-bond donors (Lipinski definition) is 2. The Morgan fingerprint density at radius 1 is 1.17 bits per heavy atom. The summed E-state index contributed by atoms with van der Waals surface area (Å²) in [4.78, 5) is 12.4. The van der Waals surface area contributed by atoms with Gasteiger partial charge in [0.05, 0.1) is 17.5 Å². The van der Waals surface area contributed by atoms with Gasteiger partial charge in [-0.25, -0.2) is 4.39 Å². The second-order valence-electron chi connectivity index (χ2n) is 5.30. The van der Waals surface area contributed by atoms with Gasteiger partial charge in [0, 0.05) is 17.7 Å². The van der Waals surface area contributed by atoms with Crippen molar-refractivity contribution in [1.29, 1.82) is 0 Å². The molecule has 0 bridgehead atoms. The highest BCUT2D eigenvalue weighted by molar-refractivity contribution is 5.99. The van der Waals surface area contributed by atoms with Crippen LogP contribution in [0.3, 0.4) is 0 Å². The zero-order valence-electron chi connectivity index (χ0n) is 12.6. The summed E-state index contributed by atoms with van der Waals surface area (Å²) >= 11 is 0. The Kier molecular flexibility index (Phi) is 4.19. The van der Waals surface area contributed by atoms with Gasteiger partial charge in [-0.05, 0) is 13.0 Å². The first-order chi connectivity index (χ1) is 11.1. The molecular weight excluding hydrogens is 293 g/mol. The second kappa shape index (κ2) is 6.44. The minimum atomic E-state index is -0.334. The SMILES string of the molecule is Cc1ccc(-c2[nH]ncc2C(=O)NCc2ccccc2F)cc1. The zero-order chi connectivity index (χ0) is 16.2. The molecule has 23 heavy (non-hydrogen) atoms. The summed E-state index contributed by atoms with van der Waals surface area (Å²) in [6.07, 6.45) is 1.48. The molecule has 0 spiro atoms. The van der Waals surface area contributed by atoms with Crippen LogP contribution in [0.5, 0.6) is 0 Å². The molecule has 4 nitrogen and oxygen atoms in total. The number of nitrogens with one attached hydrogen (secondary N) is 2. The van der Waals surface area contributed by atoms with Gasteiger partial charge in [0.25, 0.3) is 5.91 Å². The van der Waals surface area contributed by atoms with Crippen LogP contribution < -0.4 is 5.32 Å². The molecule has 0 radical (unpaired) electrons. The fourth-order valence-electron chi connectivity index (χ4n) is 2.31. The monoisotopic (exact) mass is 309 g/mol. The van der Waals surface area contributed by atoms with Gasteiger partial charge in [-0.3, -0.25) is 9.89 Å². The van der Waals surface area contributed by atoms with Crippen LogP contribution in [0.4, 0.5) is 4.39 Å². The summed E-state index contributed by atoms with van der Waals surface area (Å²) in [7, 11) is 0. The highest BCUT2D eigenvalue weighted by atomic mass is 19.1. The number of aromatic nitrogens is 2. The van der Waals surface area contributed by atoms with Crippen LogP contribution in [0.2, 0.25) is 0 Å². The lowest BCUT2D eigenvalue weighted by Gasteiger charge is -2.07. The van der Waals surface area contributed by atoms with E-state index >= 15 is 0 Å². The third kappa shape index (κ3) is 3.29. The van der Waals surface area contributed by atoms with Crippen molar-refractivity contribution < 1.29 is 9.18 Å². The van der Waals surface area contributed by atoms with E-state index in [2.05, 4.69) is 15.5 Å². The van der Waals surface area contributed by atoms with Gasteiger partial charge >= 0.3 is 0 Å². The Bertz CT molecular complexity index is 824. The van der Waals surface area contributed by atoms with E-state index < -0.39 is 0 Å². The molecule has 0 saturated heterocycles. The van der Waals surface area contributed by atoms with E-state index in [1.165, 1.54) is 12.3 Å². The van der Waals surface area contributed by atoms with Crippen LogP contribution >= 0.6 is 0 Å². The Labute approximate surface area is 133 Å². The summed E-state index contributed by atoms with van der Waals surface area (Å²) in [5.41, 5.74) is 3.55. The van der Waals surface area contributed by atoms with Gasteiger partial charge in [0.15, 0.2) is 0 Å². The van der Waals surface area contributed by atoms with Gasteiger partial charge in [0.2, 0.25) is 0 Å². The average molecular weight is 309 g/mol. The third-order valence-electron chi connectivity index (χ3n) is 3.62. The van der Waals surface area contributed by atoms with Crippen LogP contribution in [-0.4, -0.2) is 16.1 Å². The largest absolute Gasteiger partial charge is 0.348 e. The molecule has 1 heterocycles. The van der Waals surface area contributed by atoms with E-state index in [0.29, 0.717) is 16.8 Å². The molecule has 0 atom stereocenters. The number of amides is 1. The van der Waals surface area contributed by atoms with Crippen molar-refractivity contribution in [3.05, 3.63) is 77.2 Å². The predicted molar refractivity (Wildman–Crippen MR) is 86.3 cm³/mol. The molecule has 0 unspecified atom stereocenters. The van der Waals surface area contributed by atoms with Crippen molar-refractivity contribution in [1.82, 2.24) is 15.5 Å². The fraction of sp³-hybridized carbons (Fsp3) is 0.111. The summed E-state index contributed by atoms with van der Waals surface area (Å²) < 4.78 is 13.6. The molecule has 1 amide bonds. The number of H-pyrrole nitrogens is 1. The smallest absolute Gasteiger partial charge is 0.255 e. The number of rotatable bonds is 4. The van der Waals surface area contributed by atoms with Crippen molar-refractivity contribution in [2.24, 2.45) is 0 Å². The number of carbonyl (C=O) groups is 1. The number of nitrogens with zero attached hydrogens (tertiary/aromatic N) is 1. The van der Waals surface area contributed by atoms with Crippen LogP contribution in [0.1, 0.15) is 21.5 Å². The van der Waals surface area contributed by atoms with Gasteiger partial charge in [-0.15, -0.1) is 0 Å². The standard InChI is InChI=1S/C18H16FN3O/c1-12-6-8-13(9-7-12)17-15(11-21-22-17)18(23)20-10-14-4-2-3-5-16(14)19/h2-9,11H,10H2,1H3,(H,20,23)(H,21,22). The maximum absolute atomic E-state index is 13.6. The molecule has 0 saturated carbocycles. The summed E-state index contributed by atoms with van der Waals surface area (Å²) in [6.45, 7) is 2.13. The first-order valence-corrected chi connectivity index (χ1v) is 7.27. The lowest BCUT2D eigenvalue weighted by atomic mass is 10.1. The van der Waals surface area contributed by atoms with E-state index in [0.717, 1.165) is 11.1 Å². The van der Waals surface area contributed by atoms with E-state index in [9.17, 15) is 9.18 Å². The van der Waals surface area contributed by atoms with E-state index in [4.69, 9.17) is 0 Å². The van der Waals surface area contributed by atoms with Gasteiger partial charge < -0.3 is 5.32 Å². The van der Waals surface area contributed by atoms with Crippen molar-refractivity contribution >= 4 is 5.91 Å². The molecule has 0 aliphatic carbocycles. The fourth-order valence-corrected chi connectivity index (χ4v) is 2.31. The maximum atomic E-state index is 13.6. The average Bonchev–Trinajstić information content (AvgIpc) is 3.04. The van der Waals surface area contributed by atoms with Gasteiger partial charge in [-0.1, -0.05) is 48.0 Å². The van der Waals surface area contributed by atoms with Crippen molar-refractivity contribution in [2.75, 3.05) is 0 Å². The van der Waals surface area contributed by atoms with Crippen LogP contribution in [0, 0.1) is 12.7 Å². The summed E-state index contributed by atoms with van der Waals surface area (Å²) in [5.74, 6) is -0.628. The number of hydrogen-bond acceptors (Lipinski definition) is 2. The number of halogens is 1. The van der Waals surface area contributed by atoms with Crippen molar-refractivity contribution in [2.45, 2.75) is 13.5 Å². The van der Waals surface area contributed by atoms with E-state index in [1.54, 1.807) is 18.2 Å². The van der Waals surface area contributed by atoms with Crippen molar-refractivity contribution in [3.8, 4) is 11.3 Å². The third-order valence-corrected chi connectivity index (χ3v) is 3.62. The first-order valence-electron chi connectivity index (χ1n) is 7.27. The molecule has 3 rings (SSSR count). The molecule has 0 fully saturated rings. The highest BCUT2D eigenvalue weighted by Gasteiger charge is 2.15. The molecule has 1 aromatic heterocycles. The first kappa shape index (κ1) is 15.0. The van der Waals surface area contributed by atoms with Crippen LogP contribution in [0.25, 0.3) is 11.3 Å². The Morgan fingerprint density at radius 3 is 2.65 bits per heavy atom. The number of benzene rings is 2.